The minimum Gasteiger partial charge on any atom is -0.379 e. The number of nitrogens with two attached hydrogens (primary N) is 1. The molecule has 130 valence electrons. The standard InChI is InChI=1S/C16H17N5O4/c1-10-2-5-14(19-9-10)20-15(22)6-7-18-12-4-3-11(16(17)23)8-13(12)21(24)25/h2-5,8-9,18H,6-7H2,1H3,(H2,17,23)(H,19,20,22). The van der Waals surface area contributed by atoms with E-state index in [1.54, 1.807) is 12.3 Å². The Kier molecular flexibility index (Phi) is 5.62. The summed E-state index contributed by atoms with van der Waals surface area (Å²) in [6.07, 6.45) is 1.72. The van der Waals surface area contributed by atoms with Gasteiger partial charge in [0.15, 0.2) is 0 Å². The molecule has 0 radical (unpaired) electrons. The summed E-state index contributed by atoms with van der Waals surface area (Å²) in [5.41, 5.74) is 6.06. The molecule has 0 saturated heterocycles. The Labute approximate surface area is 143 Å². The zero-order valence-corrected chi connectivity index (χ0v) is 13.5. The number of aryl methyl sites for hydroxylation is 1. The molecule has 2 rings (SSSR count). The van der Waals surface area contributed by atoms with Crippen LogP contribution >= 0.6 is 0 Å². The first-order valence-corrected chi connectivity index (χ1v) is 7.41. The van der Waals surface area contributed by atoms with Crippen LogP contribution in [-0.4, -0.2) is 28.3 Å². The van der Waals surface area contributed by atoms with E-state index in [-0.39, 0.29) is 35.8 Å². The quantitative estimate of drug-likeness (QED) is 0.517. The van der Waals surface area contributed by atoms with Gasteiger partial charge in [-0.05, 0) is 30.7 Å². The Bertz CT molecular complexity index is 805. The molecule has 1 aromatic carbocycles. The van der Waals surface area contributed by atoms with Crippen molar-refractivity contribution in [2.24, 2.45) is 5.73 Å². The van der Waals surface area contributed by atoms with E-state index in [1.165, 1.54) is 12.1 Å². The first-order valence-electron chi connectivity index (χ1n) is 7.41. The molecule has 25 heavy (non-hydrogen) atoms. The minimum atomic E-state index is -0.750. The predicted octanol–water partition coefficient (Wildman–Crippen LogP) is 1.84. The van der Waals surface area contributed by atoms with Gasteiger partial charge >= 0.3 is 0 Å². The second-order valence-electron chi connectivity index (χ2n) is 5.30. The molecule has 9 nitrogen and oxygen atoms in total. The lowest BCUT2D eigenvalue weighted by Gasteiger charge is -2.08. The van der Waals surface area contributed by atoms with Gasteiger partial charge in [0.2, 0.25) is 11.8 Å². The number of carbonyl (C=O) groups is 2. The van der Waals surface area contributed by atoms with Crippen LogP contribution in [0.3, 0.4) is 0 Å². The third-order valence-electron chi connectivity index (χ3n) is 3.33. The molecule has 0 atom stereocenters. The summed E-state index contributed by atoms with van der Waals surface area (Å²) in [6, 6.07) is 7.38. The van der Waals surface area contributed by atoms with Crippen molar-refractivity contribution in [1.29, 1.82) is 0 Å². The van der Waals surface area contributed by atoms with Crippen molar-refractivity contribution in [2.45, 2.75) is 13.3 Å². The Morgan fingerprint density at radius 1 is 1.28 bits per heavy atom. The molecule has 4 N–H and O–H groups in total. The number of hydrogen-bond acceptors (Lipinski definition) is 6. The number of carbonyl (C=O) groups excluding carboxylic acids is 2. The molecular formula is C16H17N5O4. The van der Waals surface area contributed by atoms with Crippen LogP contribution < -0.4 is 16.4 Å². The highest BCUT2D eigenvalue weighted by Crippen LogP contribution is 2.25. The molecule has 0 spiro atoms. The molecule has 1 aromatic heterocycles. The van der Waals surface area contributed by atoms with Gasteiger partial charge in [-0.3, -0.25) is 19.7 Å². The van der Waals surface area contributed by atoms with E-state index in [1.807, 2.05) is 13.0 Å². The Balaban J connectivity index is 1.94. The summed E-state index contributed by atoms with van der Waals surface area (Å²) in [5.74, 6) is -0.590. The monoisotopic (exact) mass is 343 g/mol. The lowest BCUT2D eigenvalue weighted by atomic mass is 10.1. The highest BCUT2D eigenvalue weighted by Gasteiger charge is 2.16. The van der Waals surface area contributed by atoms with Crippen molar-refractivity contribution in [3.8, 4) is 0 Å². The van der Waals surface area contributed by atoms with Gasteiger partial charge in [-0.25, -0.2) is 4.98 Å². The van der Waals surface area contributed by atoms with Crippen molar-refractivity contribution in [3.63, 3.8) is 0 Å². The maximum Gasteiger partial charge on any atom is 0.293 e. The van der Waals surface area contributed by atoms with Crippen LogP contribution in [0.2, 0.25) is 0 Å². The zero-order chi connectivity index (χ0) is 18.4. The summed E-state index contributed by atoms with van der Waals surface area (Å²) in [4.78, 5) is 37.5. The summed E-state index contributed by atoms with van der Waals surface area (Å²) in [5, 5.41) is 16.5. The molecule has 0 aliphatic heterocycles. The number of benzene rings is 1. The summed E-state index contributed by atoms with van der Waals surface area (Å²) in [7, 11) is 0. The number of nitrogens with one attached hydrogen (secondary N) is 2. The first kappa shape index (κ1) is 17.9. The molecule has 1 heterocycles. The van der Waals surface area contributed by atoms with Gasteiger partial charge in [0.25, 0.3) is 5.69 Å². The lowest BCUT2D eigenvalue weighted by molar-refractivity contribution is -0.384. The molecule has 0 aliphatic carbocycles. The maximum absolute atomic E-state index is 11.9. The average molecular weight is 343 g/mol. The van der Waals surface area contributed by atoms with Gasteiger partial charge in [-0.1, -0.05) is 6.07 Å². The fraction of sp³-hybridized carbons (Fsp3) is 0.188. The van der Waals surface area contributed by atoms with Crippen molar-refractivity contribution in [1.82, 2.24) is 4.98 Å². The van der Waals surface area contributed by atoms with E-state index >= 15 is 0 Å². The number of hydrogen-bond donors (Lipinski definition) is 3. The number of nitro groups is 1. The molecule has 0 bridgehead atoms. The van der Waals surface area contributed by atoms with Gasteiger partial charge in [-0.2, -0.15) is 0 Å². The molecule has 0 aliphatic rings. The van der Waals surface area contributed by atoms with Crippen LogP contribution in [-0.2, 0) is 4.79 Å². The van der Waals surface area contributed by atoms with Crippen LogP contribution in [0, 0.1) is 17.0 Å². The lowest BCUT2D eigenvalue weighted by Crippen LogP contribution is -2.17. The normalized spacial score (nSPS) is 10.1. The van der Waals surface area contributed by atoms with Crippen LogP contribution in [0.5, 0.6) is 0 Å². The number of anilines is 2. The Hall–Kier alpha value is -3.49. The number of amides is 2. The molecule has 2 amide bonds. The van der Waals surface area contributed by atoms with Crippen molar-refractivity contribution in [3.05, 3.63) is 57.8 Å². The van der Waals surface area contributed by atoms with Crippen LogP contribution in [0.15, 0.2) is 36.5 Å². The molecule has 0 fully saturated rings. The van der Waals surface area contributed by atoms with E-state index in [4.69, 9.17) is 5.73 Å². The second-order valence-corrected chi connectivity index (χ2v) is 5.30. The SMILES string of the molecule is Cc1ccc(NC(=O)CCNc2ccc(C(N)=O)cc2[N+](=O)[O-])nc1. The third-order valence-corrected chi connectivity index (χ3v) is 3.33. The van der Waals surface area contributed by atoms with E-state index in [9.17, 15) is 19.7 Å². The van der Waals surface area contributed by atoms with E-state index < -0.39 is 10.8 Å². The van der Waals surface area contributed by atoms with E-state index in [0.29, 0.717) is 5.82 Å². The first-order chi connectivity index (χ1) is 11.9. The smallest absolute Gasteiger partial charge is 0.293 e. The largest absolute Gasteiger partial charge is 0.379 e. The Morgan fingerprint density at radius 2 is 2.04 bits per heavy atom. The summed E-state index contributed by atoms with van der Waals surface area (Å²) < 4.78 is 0. The number of pyridine rings is 1. The molecule has 0 unspecified atom stereocenters. The fourth-order valence-electron chi connectivity index (χ4n) is 2.04. The molecular weight excluding hydrogens is 326 g/mol. The number of primary amides is 1. The van der Waals surface area contributed by atoms with E-state index in [2.05, 4.69) is 15.6 Å². The summed E-state index contributed by atoms with van der Waals surface area (Å²) >= 11 is 0. The maximum atomic E-state index is 11.9. The van der Waals surface area contributed by atoms with Gasteiger partial charge in [-0.15, -0.1) is 0 Å². The van der Waals surface area contributed by atoms with Gasteiger partial charge in [0.1, 0.15) is 11.5 Å². The van der Waals surface area contributed by atoms with Crippen LogP contribution in [0.1, 0.15) is 22.3 Å². The Morgan fingerprint density at radius 3 is 2.64 bits per heavy atom. The molecule has 9 heteroatoms. The average Bonchev–Trinajstić information content (AvgIpc) is 2.56. The molecule has 0 saturated carbocycles. The number of nitrogens with zero attached hydrogens (tertiary/aromatic N) is 2. The minimum absolute atomic E-state index is 0.0421. The van der Waals surface area contributed by atoms with Gasteiger partial charge < -0.3 is 16.4 Å². The van der Waals surface area contributed by atoms with Crippen molar-refractivity contribution in [2.75, 3.05) is 17.2 Å². The molecule has 2 aromatic rings. The van der Waals surface area contributed by atoms with Crippen LogP contribution in [0.4, 0.5) is 17.2 Å². The second kappa shape index (κ2) is 7.86. The highest BCUT2D eigenvalue weighted by atomic mass is 16.6. The van der Waals surface area contributed by atoms with E-state index in [0.717, 1.165) is 11.6 Å². The number of nitro benzene ring substituents is 1. The highest BCUT2D eigenvalue weighted by molar-refractivity contribution is 5.94. The van der Waals surface area contributed by atoms with Crippen molar-refractivity contribution >= 4 is 29.0 Å². The zero-order valence-electron chi connectivity index (χ0n) is 13.5. The summed E-state index contributed by atoms with van der Waals surface area (Å²) in [6.45, 7) is 2.06. The third kappa shape index (κ3) is 4.99. The van der Waals surface area contributed by atoms with Gasteiger partial charge in [0, 0.05) is 30.8 Å². The topological polar surface area (TPSA) is 140 Å². The fourth-order valence-corrected chi connectivity index (χ4v) is 2.04. The number of rotatable bonds is 7. The van der Waals surface area contributed by atoms with Gasteiger partial charge in [0.05, 0.1) is 4.92 Å². The van der Waals surface area contributed by atoms with Crippen molar-refractivity contribution < 1.29 is 14.5 Å². The van der Waals surface area contributed by atoms with Crippen LogP contribution in [0.25, 0.3) is 0 Å². The predicted molar refractivity (Wildman–Crippen MR) is 92.3 cm³/mol. The number of aromatic nitrogens is 1.